The summed E-state index contributed by atoms with van der Waals surface area (Å²) in [4.78, 5) is 12.9. The van der Waals surface area contributed by atoms with E-state index in [1.54, 1.807) is 19.1 Å². The topological polar surface area (TPSA) is 45.8 Å². The summed E-state index contributed by atoms with van der Waals surface area (Å²) in [5.74, 6) is 0. The highest BCUT2D eigenvalue weighted by Gasteiger charge is 2.37. The summed E-state index contributed by atoms with van der Waals surface area (Å²) in [5, 5.41) is 9.21. The lowest BCUT2D eigenvalue weighted by atomic mass is 9.99. The van der Waals surface area contributed by atoms with E-state index in [1.165, 1.54) is 30.3 Å². The second kappa shape index (κ2) is 7.95. The molecule has 0 saturated carbocycles. The van der Waals surface area contributed by atoms with Gasteiger partial charge in [-0.1, -0.05) is 42.5 Å². The van der Waals surface area contributed by atoms with Gasteiger partial charge in [0.15, 0.2) is 0 Å². The van der Waals surface area contributed by atoms with Gasteiger partial charge in [-0.25, -0.2) is 0 Å². The van der Waals surface area contributed by atoms with Crippen LogP contribution in [0, 0.1) is 18.3 Å². The van der Waals surface area contributed by atoms with Crippen LogP contribution in [0.5, 0.6) is 0 Å². The first-order chi connectivity index (χ1) is 14.4. The summed E-state index contributed by atoms with van der Waals surface area (Å²) in [6.45, 7) is 0.935. The molecule has 2 aromatic carbocycles. The van der Waals surface area contributed by atoms with E-state index in [9.17, 15) is 36.4 Å². The molecular weight excluding hydrogens is 422 g/mol. The van der Waals surface area contributed by atoms with Crippen LogP contribution in [-0.2, 0) is 18.9 Å². The van der Waals surface area contributed by atoms with E-state index in [0.29, 0.717) is 11.6 Å². The third-order valence-corrected chi connectivity index (χ3v) is 4.79. The Morgan fingerprint density at radius 1 is 0.903 bits per heavy atom. The Bertz CT molecular complexity index is 1230. The summed E-state index contributed by atoms with van der Waals surface area (Å²) in [6.07, 6.45) is -9.72. The Kier molecular flexibility index (Phi) is 5.68. The average molecular weight is 436 g/mol. The monoisotopic (exact) mass is 436 g/mol. The van der Waals surface area contributed by atoms with E-state index >= 15 is 0 Å². The fourth-order valence-electron chi connectivity index (χ4n) is 3.32. The van der Waals surface area contributed by atoms with Crippen molar-refractivity contribution < 1.29 is 26.3 Å². The fourth-order valence-corrected chi connectivity index (χ4v) is 3.32. The predicted molar refractivity (Wildman–Crippen MR) is 101 cm³/mol. The summed E-state index contributed by atoms with van der Waals surface area (Å²) >= 11 is 0. The minimum absolute atomic E-state index is 0.230. The van der Waals surface area contributed by atoms with Gasteiger partial charge in [-0.3, -0.25) is 4.79 Å². The maximum Gasteiger partial charge on any atom is 0.417 e. The number of hydrogen-bond acceptors (Lipinski definition) is 2. The van der Waals surface area contributed by atoms with E-state index in [4.69, 9.17) is 0 Å². The van der Waals surface area contributed by atoms with Crippen LogP contribution >= 0.6 is 0 Å². The van der Waals surface area contributed by atoms with Crippen molar-refractivity contribution in [2.24, 2.45) is 0 Å². The molecule has 0 aliphatic heterocycles. The summed E-state index contributed by atoms with van der Waals surface area (Å²) in [6, 6.07) is 12.6. The molecule has 0 saturated heterocycles. The zero-order valence-corrected chi connectivity index (χ0v) is 16.0. The molecule has 160 valence electrons. The van der Waals surface area contributed by atoms with Crippen LogP contribution in [0.15, 0.2) is 59.4 Å². The van der Waals surface area contributed by atoms with Crippen LogP contribution in [0.25, 0.3) is 11.3 Å². The standard InChI is InChI=1S/C22H14F6N2O/c1-13-6-2-4-8-15(13)19-10-18(22(26,27)28)16(11-29)20(31)30(19)12-14-7-3-5-9-17(14)21(23,24)25/h2-10H,12H2,1H3. The minimum atomic E-state index is -5.00. The van der Waals surface area contributed by atoms with E-state index in [-0.39, 0.29) is 16.8 Å². The van der Waals surface area contributed by atoms with Gasteiger partial charge in [-0.2, -0.15) is 31.6 Å². The number of aryl methyl sites for hydroxylation is 1. The van der Waals surface area contributed by atoms with Gasteiger partial charge in [0.05, 0.1) is 23.4 Å². The van der Waals surface area contributed by atoms with Crippen molar-refractivity contribution in [1.82, 2.24) is 4.57 Å². The zero-order valence-electron chi connectivity index (χ0n) is 16.0. The van der Waals surface area contributed by atoms with Gasteiger partial charge in [-0.15, -0.1) is 0 Å². The molecule has 0 N–H and O–H groups in total. The van der Waals surface area contributed by atoms with Crippen molar-refractivity contribution in [2.75, 3.05) is 0 Å². The van der Waals surface area contributed by atoms with Gasteiger partial charge in [0.1, 0.15) is 11.6 Å². The van der Waals surface area contributed by atoms with Gasteiger partial charge < -0.3 is 4.57 Å². The molecule has 0 bridgehead atoms. The van der Waals surface area contributed by atoms with Gasteiger partial charge in [-0.05, 0) is 30.2 Å². The molecule has 1 heterocycles. The number of nitriles is 1. The molecule has 0 spiro atoms. The smallest absolute Gasteiger partial charge is 0.303 e. The van der Waals surface area contributed by atoms with Crippen LogP contribution in [0.1, 0.15) is 27.8 Å². The Morgan fingerprint density at radius 3 is 2.06 bits per heavy atom. The van der Waals surface area contributed by atoms with Crippen molar-refractivity contribution in [3.05, 3.63) is 92.8 Å². The number of pyridine rings is 1. The molecule has 0 unspecified atom stereocenters. The molecule has 3 rings (SSSR count). The van der Waals surface area contributed by atoms with Crippen molar-refractivity contribution in [1.29, 1.82) is 5.26 Å². The third-order valence-electron chi connectivity index (χ3n) is 4.79. The second-order valence-electron chi connectivity index (χ2n) is 6.79. The molecule has 1 aromatic heterocycles. The number of nitrogens with zero attached hydrogens (tertiary/aromatic N) is 2. The maximum atomic E-state index is 13.5. The minimum Gasteiger partial charge on any atom is -0.303 e. The van der Waals surface area contributed by atoms with Crippen LogP contribution in [0.2, 0.25) is 0 Å². The molecular formula is C22H14F6N2O. The molecule has 0 fully saturated rings. The molecule has 0 aliphatic rings. The first kappa shape index (κ1) is 22.2. The molecule has 0 aliphatic carbocycles. The van der Waals surface area contributed by atoms with E-state index in [2.05, 4.69) is 0 Å². The lowest BCUT2D eigenvalue weighted by Crippen LogP contribution is -2.29. The van der Waals surface area contributed by atoms with Crippen molar-refractivity contribution in [3.63, 3.8) is 0 Å². The van der Waals surface area contributed by atoms with E-state index in [1.807, 2.05) is 0 Å². The average Bonchev–Trinajstić information content (AvgIpc) is 2.68. The van der Waals surface area contributed by atoms with Crippen molar-refractivity contribution in [2.45, 2.75) is 25.8 Å². The molecule has 0 radical (unpaired) electrons. The Labute approximate surface area is 172 Å². The highest BCUT2D eigenvalue weighted by Crippen LogP contribution is 2.36. The van der Waals surface area contributed by atoms with Crippen molar-refractivity contribution in [3.8, 4) is 17.3 Å². The molecule has 9 heteroatoms. The summed E-state index contributed by atoms with van der Waals surface area (Å²) in [5.41, 5.74) is -4.73. The lowest BCUT2D eigenvalue weighted by Gasteiger charge is -2.20. The first-order valence-corrected chi connectivity index (χ1v) is 8.91. The molecule has 3 nitrogen and oxygen atoms in total. The van der Waals surface area contributed by atoms with E-state index in [0.717, 1.165) is 16.7 Å². The van der Waals surface area contributed by atoms with Crippen molar-refractivity contribution >= 4 is 0 Å². The first-order valence-electron chi connectivity index (χ1n) is 8.91. The fraction of sp³-hybridized carbons (Fsp3) is 0.182. The number of halogens is 6. The van der Waals surface area contributed by atoms with Crippen LogP contribution in [0.4, 0.5) is 26.3 Å². The van der Waals surface area contributed by atoms with Gasteiger partial charge in [0.25, 0.3) is 5.56 Å². The molecule has 0 atom stereocenters. The molecule has 0 amide bonds. The summed E-state index contributed by atoms with van der Waals surface area (Å²) < 4.78 is 81.7. The number of hydrogen-bond donors (Lipinski definition) is 0. The normalized spacial score (nSPS) is 11.9. The van der Waals surface area contributed by atoms with Crippen LogP contribution in [0.3, 0.4) is 0 Å². The van der Waals surface area contributed by atoms with Crippen LogP contribution < -0.4 is 5.56 Å². The van der Waals surface area contributed by atoms with Gasteiger partial charge in [0, 0.05) is 5.56 Å². The lowest BCUT2D eigenvalue weighted by molar-refractivity contribution is -0.138. The maximum absolute atomic E-state index is 13.5. The third kappa shape index (κ3) is 4.33. The second-order valence-corrected chi connectivity index (χ2v) is 6.79. The molecule has 3 aromatic rings. The number of alkyl halides is 6. The zero-order chi connectivity index (χ0) is 23.0. The number of aromatic nitrogens is 1. The SMILES string of the molecule is Cc1ccccc1-c1cc(C(F)(F)F)c(C#N)c(=O)n1Cc1ccccc1C(F)(F)F. The van der Waals surface area contributed by atoms with E-state index < -0.39 is 41.1 Å². The molecule has 31 heavy (non-hydrogen) atoms. The predicted octanol–water partition coefficient (Wildman–Crippen LogP) is 5.78. The Morgan fingerprint density at radius 2 is 1.48 bits per heavy atom. The number of rotatable bonds is 3. The van der Waals surface area contributed by atoms with Gasteiger partial charge >= 0.3 is 12.4 Å². The quantitative estimate of drug-likeness (QED) is 0.489. The number of benzene rings is 2. The van der Waals surface area contributed by atoms with Gasteiger partial charge in [0.2, 0.25) is 0 Å². The highest BCUT2D eigenvalue weighted by molar-refractivity contribution is 5.66. The largest absolute Gasteiger partial charge is 0.417 e. The van der Waals surface area contributed by atoms with Crippen LogP contribution in [-0.4, -0.2) is 4.57 Å². The Hall–Kier alpha value is -3.54. The Balaban J connectivity index is 2.37. The highest BCUT2D eigenvalue weighted by atomic mass is 19.4. The summed E-state index contributed by atoms with van der Waals surface area (Å²) in [7, 11) is 0.